The number of benzene rings is 1. The Hall–Kier alpha value is -1.63. The van der Waals surface area contributed by atoms with Gasteiger partial charge in [0.25, 0.3) is 0 Å². The molecule has 0 unspecified atom stereocenters. The summed E-state index contributed by atoms with van der Waals surface area (Å²) in [7, 11) is 0. The predicted octanol–water partition coefficient (Wildman–Crippen LogP) is 4.32. The van der Waals surface area contributed by atoms with Crippen LogP contribution in [-0.4, -0.2) is 41.1 Å². The number of nitrogens with zero attached hydrogens (tertiary/aromatic N) is 1. The summed E-state index contributed by atoms with van der Waals surface area (Å²) in [5.41, 5.74) is -0.903. The first-order chi connectivity index (χ1) is 11.6. The average molecular weight is 414 g/mol. The van der Waals surface area contributed by atoms with E-state index in [1.807, 2.05) is 20.8 Å². The molecule has 0 N–H and O–H groups in total. The number of hydrogen-bond donors (Lipinski definition) is 0. The van der Waals surface area contributed by atoms with Gasteiger partial charge in [-0.3, -0.25) is 4.79 Å². The van der Waals surface area contributed by atoms with Crippen LogP contribution in [0.15, 0.2) is 16.6 Å². The summed E-state index contributed by atoms with van der Waals surface area (Å²) in [6.07, 6.45) is 0.914. The summed E-state index contributed by atoms with van der Waals surface area (Å²) in [5.74, 6) is -0.208. The second-order valence-electron chi connectivity index (χ2n) is 7.61. The molecular formula is C18H21BrFNO4. The lowest BCUT2D eigenvalue weighted by atomic mass is 9.82. The van der Waals surface area contributed by atoms with E-state index in [2.05, 4.69) is 15.9 Å². The van der Waals surface area contributed by atoms with Crippen molar-refractivity contribution in [1.82, 2.24) is 4.90 Å². The molecule has 3 rings (SSSR count). The zero-order chi connectivity index (χ0) is 18.4. The topological polar surface area (TPSA) is 55.8 Å². The van der Waals surface area contributed by atoms with Crippen LogP contribution in [-0.2, 0) is 4.74 Å². The summed E-state index contributed by atoms with van der Waals surface area (Å²) in [4.78, 5) is 26.3. The van der Waals surface area contributed by atoms with Crippen LogP contribution in [0.5, 0.6) is 5.75 Å². The van der Waals surface area contributed by atoms with Crippen molar-refractivity contribution in [2.75, 3.05) is 13.1 Å². The Labute approximate surface area is 154 Å². The fourth-order valence-corrected chi connectivity index (χ4v) is 3.51. The highest BCUT2D eigenvalue weighted by Gasteiger charge is 2.44. The van der Waals surface area contributed by atoms with Gasteiger partial charge in [0.1, 0.15) is 22.8 Å². The maximum Gasteiger partial charge on any atom is 0.410 e. The smallest absolute Gasteiger partial charge is 0.410 e. The molecule has 1 saturated heterocycles. The van der Waals surface area contributed by atoms with Gasteiger partial charge in [0.05, 0.1) is 16.5 Å². The number of amides is 1. The molecule has 1 spiro atoms. The second kappa shape index (κ2) is 6.27. The Morgan fingerprint density at radius 3 is 2.56 bits per heavy atom. The van der Waals surface area contributed by atoms with Gasteiger partial charge in [0, 0.05) is 25.9 Å². The Kier molecular flexibility index (Phi) is 4.56. The maximum absolute atomic E-state index is 13.7. The fourth-order valence-electron chi connectivity index (χ4n) is 3.19. The van der Waals surface area contributed by atoms with E-state index in [9.17, 15) is 14.0 Å². The number of ether oxygens (including phenoxy) is 2. The van der Waals surface area contributed by atoms with Gasteiger partial charge in [-0.1, -0.05) is 0 Å². The molecule has 2 heterocycles. The van der Waals surface area contributed by atoms with Crippen LogP contribution < -0.4 is 4.74 Å². The third kappa shape index (κ3) is 3.81. The Morgan fingerprint density at radius 1 is 1.32 bits per heavy atom. The summed E-state index contributed by atoms with van der Waals surface area (Å²) >= 11 is 3.13. The molecule has 0 saturated carbocycles. The van der Waals surface area contributed by atoms with E-state index in [4.69, 9.17) is 9.47 Å². The molecule has 0 bridgehead atoms. The predicted molar refractivity (Wildman–Crippen MR) is 93.4 cm³/mol. The molecular weight excluding hydrogens is 393 g/mol. The van der Waals surface area contributed by atoms with Crippen molar-refractivity contribution in [2.45, 2.75) is 51.2 Å². The molecule has 7 heteroatoms. The van der Waals surface area contributed by atoms with Gasteiger partial charge in [-0.05, 0) is 48.8 Å². The van der Waals surface area contributed by atoms with Gasteiger partial charge in [-0.15, -0.1) is 0 Å². The van der Waals surface area contributed by atoms with Crippen molar-refractivity contribution in [3.8, 4) is 5.75 Å². The van der Waals surface area contributed by atoms with Gasteiger partial charge in [-0.25, -0.2) is 9.18 Å². The Bertz CT molecular complexity index is 721. The van der Waals surface area contributed by atoms with Crippen molar-refractivity contribution in [3.05, 3.63) is 28.0 Å². The van der Waals surface area contributed by atoms with Crippen molar-refractivity contribution in [1.29, 1.82) is 0 Å². The quantitative estimate of drug-likeness (QED) is 0.635. The fraction of sp³-hybridized carbons (Fsp3) is 0.556. The Balaban J connectivity index is 1.72. The van der Waals surface area contributed by atoms with Crippen LogP contribution in [0.2, 0.25) is 0 Å². The van der Waals surface area contributed by atoms with Crippen LogP contribution in [0, 0.1) is 5.82 Å². The molecule has 0 aliphatic carbocycles. The minimum absolute atomic E-state index is 0.127. The number of Topliss-reactive ketones (excluding diaryl/α,β-unsaturated/α-hetero) is 1. The van der Waals surface area contributed by atoms with E-state index in [0.717, 1.165) is 0 Å². The van der Waals surface area contributed by atoms with Gasteiger partial charge >= 0.3 is 6.09 Å². The zero-order valence-corrected chi connectivity index (χ0v) is 16.1. The number of fused-ring (bicyclic) bond motifs is 1. The number of likely N-dealkylation sites (tertiary alicyclic amines) is 1. The number of halogens is 2. The SMILES string of the molecule is CC(C)(C)OC(=O)N1CCC2(CC1)CC(=O)c1cc(F)c(Br)cc1O2. The first kappa shape index (κ1) is 18.2. The molecule has 136 valence electrons. The van der Waals surface area contributed by atoms with E-state index in [0.29, 0.717) is 31.7 Å². The third-order valence-corrected chi connectivity index (χ3v) is 5.07. The lowest BCUT2D eigenvalue weighted by molar-refractivity contribution is -0.0227. The maximum atomic E-state index is 13.7. The van der Waals surface area contributed by atoms with E-state index >= 15 is 0 Å². The highest BCUT2D eigenvalue weighted by molar-refractivity contribution is 9.10. The van der Waals surface area contributed by atoms with Gasteiger partial charge in [0.15, 0.2) is 5.78 Å². The molecule has 5 nitrogen and oxygen atoms in total. The molecule has 2 aliphatic heterocycles. The van der Waals surface area contributed by atoms with Gasteiger partial charge in [0.2, 0.25) is 0 Å². The largest absolute Gasteiger partial charge is 0.486 e. The van der Waals surface area contributed by atoms with Crippen molar-refractivity contribution < 1.29 is 23.5 Å². The van der Waals surface area contributed by atoms with E-state index < -0.39 is 17.0 Å². The van der Waals surface area contributed by atoms with E-state index in [1.54, 1.807) is 4.90 Å². The highest BCUT2D eigenvalue weighted by Crippen LogP contribution is 2.41. The lowest BCUT2D eigenvalue weighted by Gasteiger charge is -2.44. The van der Waals surface area contributed by atoms with Crippen LogP contribution in [0.25, 0.3) is 0 Å². The van der Waals surface area contributed by atoms with Crippen LogP contribution in [0.1, 0.15) is 50.4 Å². The van der Waals surface area contributed by atoms with Crippen LogP contribution in [0.4, 0.5) is 9.18 Å². The lowest BCUT2D eigenvalue weighted by Crippen LogP contribution is -2.53. The van der Waals surface area contributed by atoms with E-state index in [1.165, 1.54) is 12.1 Å². The van der Waals surface area contributed by atoms with Crippen molar-refractivity contribution in [2.24, 2.45) is 0 Å². The molecule has 1 fully saturated rings. The standard InChI is InChI=1S/C18H21BrFNO4/c1-17(2,3)25-16(23)21-6-4-18(5-7-21)10-14(22)11-8-13(20)12(19)9-15(11)24-18/h8-9H,4-7,10H2,1-3H3. The summed E-state index contributed by atoms with van der Waals surface area (Å²) in [5, 5.41) is 0. The summed E-state index contributed by atoms with van der Waals surface area (Å²) < 4.78 is 25.4. The Morgan fingerprint density at radius 2 is 1.96 bits per heavy atom. The van der Waals surface area contributed by atoms with Crippen LogP contribution >= 0.6 is 15.9 Å². The van der Waals surface area contributed by atoms with Crippen LogP contribution in [0.3, 0.4) is 0 Å². The number of carbonyl (C=O) groups is 2. The molecule has 0 aromatic heterocycles. The number of carbonyl (C=O) groups excluding carboxylic acids is 2. The molecule has 1 aromatic carbocycles. The first-order valence-corrected chi connectivity index (χ1v) is 9.07. The van der Waals surface area contributed by atoms with Crippen molar-refractivity contribution >= 4 is 27.8 Å². The zero-order valence-electron chi connectivity index (χ0n) is 14.5. The number of ketones is 1. The molecule has 1 amide bonds. The molecule has 0 atom stereocenters. The number of hydrogen-bond acceptors (Lipinski definition) is 4. The molecule has 25 heavy (non-hydrogen) atoms. The summed E-state index contributed by atoms with van der Waals surface area (Å²) in [6.45, 7) is 6.40. The first-order valence-electron chi connectivity index (χ1n) is 8.28. The normalized spacial score (nSPS) is 19.4. The molecule has 1 aromatic rings. The van der Waals surface area contributed by atoms with Gasteiger partial charge in [-0.2, -0.15) is 0 Å². The minimum Gasteiger partial charge on any atom is -0.486 e. The third-order valence-electron chi connectivity index (χ3n) is 4.46. The minimum atomic E-state index is -0.639. The van der Waals surface area contributed by atoms with E-state index in [-0.39, 0.29) is 28.3 Å². The second-order valence-corrected chi connectivity index (χ2v) is 8.47. The molecule has 2 aliphatic rings. The number of piperidine rings is 1. The monoisotopic (exact) mass is 413 g/mol. The summed E-state index contributed by atoms with van der Waals surface area (Å²) in [6, 6.07) is 2.72. The molecule has 0 radical (unpaired) electrons. The van der Waals surface area contributed by atoms with Crippen molar-refractivity contribution in [3.63, 3.8) is 0 Å². The highest BCUT2D eigenvalue weighted by atomic mass is 79.9. The van der Waals surface area contributed by atoms with Gasteiger partial charge < -0.3 is 14.4 Å². The number of rotatable bonds is 0. The average Bonchev–Trinajstić information content (AvgIpc) is 2.48.